The summed E-state index contributed by atoms with van der Waals surface area (Å²) in [6.45, 7) is 4.95. The third kappa shape index (κ3) is 11.6. The Balaban J connectivity index is 0.00000625. The highest BCUT2D eigenvalue weighted by atomic mass is 127. The molecular formula is C17H37IN4O3S. The van der Waals surface area contributed by atoms with E-state index >= 15 is 0 Å². The van der Waals surface area contributed by atoms with Crippen LogP contribution in [0.25, 0.3) is 0 Å². The van der Waals surface area contributed by atoms with Gasteiger partial charge in [-0.15, -0.1) is 24.0 Å². The Kier molecular flexibility index (Phi) is 14.8. The van der Waals surface area contributed by atoms with Gasteiger partial charge in [-0.1, -0.05) is 32.6 Å². The Morgan fingerprint density at radius 1 is 1.15 bits per heavy atom. The molecule has 0 bridgehead atoms. The van der Waals surface area contributed by atoms with Gasteiger partial charge in [0, 0.05) is 33.2 Å². The van der Waals surface area contributed by atoms with Crippen molar-refractivity contribution in [3.63, 3.8) is 0 Å². The second-order valence-corrected chi connectivity index (χ2v) is 8.50. The number of aliphatic imine (C=N–C) groups is 1. The van der Waals surface area contributed by atoms with E-state index in [0.29, 0.717) is 32.3 Å². The molecule has 0 heterocycles. The van der Waals surface area contributed by atoms with Crippen molar-refractivity contribution in [1.82, 2.24) is 14.9 Å². The second kappa shape index (κ2) is 14.9. The van der Waals surface area contributed by atoms with Gasteiger partial charge in [0.05, 0.1) is 19.0 Å². The van der Waals surface area contributed by atoms with E-state index in [-0.39, 0.29) is 24.0 Å². The highest BCUT2D eigenvalue weighted by Gasteiger charge is 2.13. The summed E-state index contributed by atoms with van der Waals surface area (Å²) in [6, 6.07) is 0. The molecule has 2 N–H and O–H groups in total. The fraction of sp³-hybridized carbons (Fsp3) is 0.941. The number of hydrogen-bond donors (Lipinski definition) is 2. The molecule has 26 heavy (non-hydrogen) atoms. The molecule has 0 aromatic heterocycles. The molecular weight excluding hydrogens is 467 g/mol. The molecule has 0 spiro atoms. The monoisotopic (exact) mass is 504 g/mol. The smallest absolute Gasteiger partial charge is 0.211 e. The Morgan fingerprint density at radius 3 is 2.31 bits per heavy atom. The van der Waals surface area contributed by atoms with Gasteiger partial charge in [0.15, 0.2) is 5.96 Å². The lowest BCUT2D eigenvalue weighted by atomic mass is 10.1. The van der Waals surface area contributed by atoms with E-state index in [0.717, 1.165) is 18.9 Å². The van der Waals surface area contributed by atoms with Crippen LogP contribution in [0.1, 0.15) is 51.9 Å². The largest absolute Gasteiger partial charge is 0.376 e. The van der Waals surface area contributed by atoms with Gasteiger partial charge in [-0.2, -0.15) is 0 Å². The SMILES string of the molecule is CCN(CCCNC(=NC)NCCOC1CCCCCC1)S(C)(=O)=O.I. The van der Waals surface area contributed by atoms with Crippen LogP contribution in [0.5, 0.6) is 0 Å². The quantitative estimate of drug-likeness (QED) is 0.157. The first-order chi connectivity index (χ1) is 12.0. The molecule has 7 nitrogen and oxygen atoms in total. The lowest BCUT2D eigenvalue weighted by molar-refractivity contribution is 0.0468. The highest BCUT2D eigenvalue weighted by molar-refractivity contribution is 14.0. The summed E-state index contributed by atoms with van der Waals surface area (Å²) in [6.07, 6.45) is 10.00. The maximum atomic E-state index is 11.5. The fourth-order valence-electron chi connectivity index (χ4n) is 3.04. The number of rotatable bonds is 10. The summed E-state index contributed by atoms with van der Waals surface area (Å²) in [4.78, 5) is 4.18. The second-order valence-electron chi connectivity index (χ2n) is 6.52. The van der Waals surface area contributed by atoms with Gasteiger partial charge in [-0.3, -0.25) is 4.99 Å². The molecule has 1 aliphatic rings. The minimum atomic E-state index is -3.11. The number of nitrogens with zero attached hydrogens (tertiary/aromatic N) is 2. The molecule has 9 heteroatoms. The molecule has 0 aliphatic heterocycles. The predicted octanol–water partition coefficient (Wildman–Crippen LogP) is 2.18. The Morgan fingerprint density at radius 2 is 1.77 bits per heavy atom. The van der Waals surface area contributed by atoms with Crippen LogP contribution in [0.15, 0.2) is 4.99 Å². The maximum absolute atomic E-state index is 11.5. The predicted molar refractivity (Wildman–Crippen MR) is 119 cm³/mol. The number of sulfonamides is 1. The van der Waals surface area contributed by atoms with Crippen LogP contribution < -0.4 is 10.6 Å². The third-order valence-corrected chi connectivity index (χ3v) is 5.85. The van der Waals surface area contributed by atoms with Crippen molar-refractivity contribution in [2.45, 2.75) is 58.0 Å². The van der Waals surface area contributed by atoms with Gasteiger partial charge < -0.3 is 15.4 Å². The number of halogens is 1. The first kappa shape index (κ1) is 25.9. The van der Waals surface area contributed by atoms with Crippen LogP contribution in [0, 0.1) is 0 Å². The van der Waals surface area contributed by atoms with Crippen molar-refractivity contribution in [2.75, 3.05) is 46.1 Å². The fourth-order valence-corrected chi connectivity index (χ4v) is 3.97. The molecule has 0 amide bonds. The molecule has 0 atom stereocenters. The van der Waals surface area contributed by atoms with Crippen LogP contribution in [-0.4, -0.2) is 70.9 Å². The first-order valence-electron chi connectivity index (χ1n) is 9.48. The van der Waals surface area contributed by atoms with Crippen molar-refractivity contribution in [3.8, 4) is 0 Å². The lowest BCUT2D eigenvalue weighted by Gasteiger charge is -2.19. The molecule has 156 valence electrons. The zero-order valence-electron chi connectivity index (χ0n) is 16.5. The number of guanidine groups is 1. The van der Waals surface area contributed by atoms with Gasteiger partial charge in [-0.25, -0.2) is 12.7 Å². The number of ether oxygens (including phenoxy) is 1. The summed E-state index contributed by atoms with van der Waals surface area (Å²) in [5.74, 6) is 0.729. The molecule has 0 unspecified atom stereocenters. The van der Waals surface area contributed by atoms with E-state index in [9.17, 15) is 8.42 Å². The summed E-state index contributed by atoms with van der Waals surface area (Å²) in [5, 5.41) is 6.45. The van der Waals surface area contributed by atoms with Crippen LogP contribution >= 0.6 is 24.0 Å². The van der Waals surface area contributed by atoms with Crippen molar-refractivity contribution in [2.24, 2.45) is 4.99 Å². The van der Waals surface area contributed by atoms with Gasteiger partial charge in [0.1, 0.15) is 0 Å². The van der Waals surface area contributed by atoms with Gasteiger partial charge >= 0.3 is 0 Å². The Labute approximate surface area is 176 Å². The number of nitrogens with one attached hydrogen (secondary N) is 2. The van der Waals surface area contributed by atoms with Crippen LogP contribution in [0.2, 0.25) is 0 Å². The van der Waals surface area contributed by atoms with E-state index in [1.165, 1.54) is 49.1 Å². The zero-order chi connectivity index (χ0) is 18.5. The molecule has 1 saturated carbocycles. The van der Waals surface area contributed by atoms with Crippen LogP contribution in [-0.2, 0) is 14.8 Å². The Bertz CT molecular complexity index is 480. The van der Waals surface area contributed by atoms with Crippen molar-refractivity contribution in [1.29, 1.82) is 0 Å². The molecule has 0 aromatic rings. The Hall–Kier alpha value is -0.130. The van der Waals surface area contributed by atoms with Gasteiger partial charge in [-0.05, 0) is 19.3 Å². The maximum Gasteiger partial charge on any atom is 0.211 e. The van der Waals surface area contributed by atoms with E-state index in [1.807, 2.05) is 6.92 Å². The van der Waals surface area contributed by atoms with Crippen molar-refractivity contribution < 1.29 is 13.2 Å². The summed E-state index contributed by atoms with van der Waals surface area (Å²) >= 11 is 0. The topological polar surface area (TPSA) is 83.0 Å². The molecule has 1 fully saturated rings. The van der Waals surface area contributed by atoms with Crippen molar-refractivity contribution in [3.05, 3.63) is 0 Å². The van der Waals surface area contributed by atoms with Crippen LogP contribution in [0.4, 0.5) is 0 Å². The minimum Gasteiger partial charge on any atom is -0.376 e. The van der Waals surface area contributed by atoms with Gasteiger partial charge in [0.25, 0.3) is 0 Å². The molecule has 0 aromatic carbocycles. The average Bonchev–Trinajstić information content (AvgIpc) is 2.84. The standard InChI is InChI=1S/C17H36N4O3S.HI/c1-4-21(25(3,22)23)14-9-12-19-17(18-2)20-13-15-24-16-10-7-5-6-8-11-16;/h16H,4-15H2,1-3H3,(H2,18,19,20);1H. The van der Waals surface area contributed by atoms with E-state index in [2.05, 4.69) is 15.6 Å². The first-order valence-corrected chi connectivity index (χ1v) is 11.3. The van der Waals surface area contributed by atoms with E-state index in [4.69, 9.17) is 4.74 Å². The summed E-state index contributed by atoms with van der Waals surface area (Å²) < 4.78 is 30.5. The minimum absolute atomic E-state index is 0. The third-order valence-electron chi connectivity index (χ3n) is 4.47. The molecule has 1 aliphatic carbocycles. The molecule has 1 rings (SSSR count). The lowest BCUT2D eigenvalue weighted by Crippen LogP contribution is -2.40. The summed E-state index contributed by atoms with van der Waals surface area (Å²) in [5.41, 5.74) is 0. The normalized spacial score (nSPS) is 16.8. The molecule has 0 radical (unpaired) electrons. The van der Waals surface area contributed by atoms with Crippen LogP contribution in [0.3, 0.4) is 0 Å². The van der Waals surface area contributed by atoms with E-state index < -0.39 is 10.0 Å². The summed E-state index contributed by atoms with van der Waals surface area (Å²) in [7, 11) is -1.38. The van der Waals surface area contributed by atoms with Gasteiger partial charge in [0.2, 0.25) is 10.0 Å². The number of hydrogen-bond acceptors (Lipinski definition) is 4. The van der Waals surface area contributed by atoms with Crippen molar-refractivity contribution >= 4 is 40.0 Å². The molecule has 0 saturated heterocycles. The highest BCUT2D eigenvalue weighted by Crippen LogP contribution is 2.19. The van der Waals surface area contributed by atoms with E-state index in [1.54, 1.807) is 7.05 Å². The zero-order valence-corrected chi connectivity index (χ0v) is 19.6. The average molecular weight is 504 g/mol.